The molecule has 0 aliphatic heterocycles. The third-order valence-electron chi connectivity index (χ3n) is 2.49. The summed E-state index contributed by atoms with van der Waals surface area (Å²) in [5.74, 6) is 0. The second-order valence-corrected chi connectivity index (χ2v) is 4.04. The Kier molecular flexibility index (Phi) is 3.42. The Morgan fingerprint density at radius 3 is 2.81 bits per heavy atom. The summed E-state index contributed by atoms with van der Waals surface area (Å²) in [5, 5.41) is 4.04. The van der Waals surface area contributed by atoms with Crippen LogP contribution in [0.2, 0.25) is 5.02 Å². The Labute approximate surface area is 100 Å². The molecule has 0 unspecified atom stereocenters. The van der Waals surface area contributed by atoms with Gasteiger partial charge in [-0.15, -0.1) is 0 Å². The predicted molar refractivity (Wildman–Crippen MR) is 67.8 cm³/mol. The second-order valence-electron chi connectivity index (χ2n) is 3.64. The minimum Gasteiger partial charge on any atom is -0.380 e. The van der Waals surface area contributed by atoms with Crippen LogP contribution >= 0.6 is 11.6 Å². The fourth-order valence-electron chi connectivity index (χ4n) is 1.48. The van der Waals surface area contributed by atoms with E-state index in [2.05, 4.69) is 17.2 Å². The van der Waals surface area contributed by atoms with E-state index in [9.17, 15) is 0 Å². The molecular weight excluding hydrogens is 220 g/mol. The first-order chi connectivity index (χ1) is 7.77. The maximum absolute atomic E-state index is 6.05. The van der Waals surface area contributed by atoms with E-state index < -0.39 is 0 Å². The van der Waals surface area contributed by atoms with Crippen molar-refractivity contribution in [1.82, 2.24) is 4.98 Å². The Bertz CT molecular complexity index is 437. The van der Waals surface area contributed by atoms with Gasteiger partial charge >= 0.3 is 0 Å². The number of para-hydroxylation sites is 1. The van der Waals surface area contributed by atoms with Gasteiger partial charge in [-0.3, -0.25) is 4.98 Å². The van der Waals surface area contributed by atoms with Crippen LogP contribution in [0.25, 0.3) is 0 Å². The molecule has 0 amide bonds. The number of pyridine rings is 1. The van der Waals surface area contributed by atoms with Crippen LogP contribution < -0.4 is 5.32 Å². The molecule has 0 bridgehead atoms. The maximum atomic E-state index is 6.05. The van der Waals surface area contributed by atoms with E-state index in [0.717, 1.165) is 17.3 Å². The third kappa shape index (κ3) is 2.52. The van der Waals surface area contributed by atoms with Crippen LogP contribution in [-0.4, -0.2) is 4.98 Å². The van der Waals surface area contributed by atoms with Crippen LogP contribution in [-0.2, 0) is 6.54 Å². The van der Waals surface area contributed by atoms with Crippen LogP contribution in [0.15, 0.2) is 42.7 Å². The molecule has 0 aliphatic rings. The summed E-state index contributed by atoms with van der Waals surface area (Å²) < 4.78 is 0. The molecule has 1 N–H and O–H groups in total. The van der Waals surface area contributed by atoms with Crippen molar-refractivity contribution in [2.75, 3.05) is 5.32 Å². The zero-order valence-electron chi connectivity index (χ0n) is 9.07. The van der Waals surface area contributed by atoms with E-state index in [1.807, 2.05) is 36.5 Å². The summed E-state index contributed by atoms with van der Waals surface area (Å²) in [6.07, 6.45) is 3.67. The molecule has 0 fully saturated rings. The fourth-order valence-corrected chi connectivity index (χ4v) is 1.68. The van der Waals surface area contributed by atoms with Crippen LogP contribution in [0.4, 0.5) is 5.69 Å². The van der Waals surface area contributed by atoms with Gasteiger partial charge in [0.05, 0.1) is 10.7 Å². The van der Waals surface area contributed by atoms with Gasteiger partial charge in [-0.1, -0.05) is 23.7 Å². The molecule has 82 valence electrons. The lowest BCUT2D eigenvalue weighted by molar-refractivity contribution is 1.08. The summed E-state index contributed by atoms with van der Waals surface area (Å²) in [7, 11) is 0. The number of anilines is 1. The molecule has 0 aliphatic carbocycles. The van der Waals surface area contributed by atoms with E-state index in [0.29, 0.717) is 0 Å². The van der Waals surface area contributed by atoms with Crippen LogP contribution in [0.1, 0.15) is 11.1 Å². The number of nitrogens with zero attached hydrogens (tertiary/aromatic N) is 1. The Hall–Kier alpha value is -1.54. The van der Waals surface area contributed by atoms with Gasteiger partial charge in [-0.25, -0.2) is 0 Å². The van der Waals surface area contributed by atoms with E-state index in [-0.39, 0.29) is 0 Å². The second kappa shape index (κ2) is 4.99. The Morgan fingerprint density at radius 2 is 2.06 bits per heavy atom. The monoisotopic (exact) mass is 232 g/mol. The van der Waals surface area contributed by atoms with E-state index >= 15 is 0 Å². The molecule has 1 aromatic heterocycles. The number of aromatic nitrogens is 1. The fraction of sp³-hybridized carbons (Fsp3) is 0.154. The highest BCUT2D eigenvalue weighted by atomic mass is 35.5. The minimum absolute atomic E-state index is 0.739. The first-order valence-electron chi connectivity index (χ1n) is 5.15. The van der Waals surface area contributed by atoms with E-state index in [1.165, 1.54) is 11.1 Å². The molecule has 0 spiro atoms. The predicted octanol–water partition coefficient (Wildman–Crippen LogP) is 3.66. The standard InChI is InChI=1S/C13H13ClN2/c1-10-6-7-15-8-11(10)9-16-13-5-3-2-4-12(13)14/h2-8,16H,9H2,1H3. The van der Waals surface area contributed by atoms with Gasteiger partial charge in [0, 0.05) is 18.9 Å². The van der Waals surface area contributed by atoms with Gasteiger partial charge in [-0.2, -0.15) is 0 Å². The zero-order chi connectivity index (χ0) is 11.4. The van der Waals surface area contributed by atoms with Crippen molar-refractivity contribution < 1.29 is 0 Å². The lowest BCUT2D eigenvalue weighted by Crippen LogP contribution is -2.02. The molecule has 3 heteroatoms. The van der Waals surface area contributed by atoms with Crippen LogP contribution in [0, 0.1) is 6.92 Å². The molecule has 2 aromatic rings. The van der Waals surface area contributed by atoms with Crippen molar-refractivity contribution in [3.05, 3.63) is 58.9 Å². The van der Waals surface area contributed by atoms with Crippen molar-refractivity contribution in [2.45, 2.75) is 13.5 Å². The number of benzene rings is 1. The van der Waals surface area contributed by atoms with Crippen molar-refractivity contribution in [1.29, 1.82) is 0 Å². The minimum atomic E-state index is 0.739. The van der Waals surface area contributed by atoms with Gasteiger partial charge in [0.1, 0.15) is 0 Å². The molecule has 0 saturated heterocycles. The SMILES string of the molecule is Cc1ccncc1CNc1ccccc1Cl. The number of hydrogen-bond donors (Lipinski definition) is 1. The lowest BCUT2D eigenvalue weighted by Gasteiger charge is -2.09. The topological polar surface area (TPSA) is 24.9 Å². The molecule has 1 aromatic carbocycles. The average molecular weight is 233 g/mol. The first kappa shape index (κ1) is 11.0. The smallest absolute Gasteiger partial charge is 0.0637 e. The highest BCUT2D eigenvalue weighted by molar-refractivity contribution is 6.33. The first-order valence-corrected chi connectivity index (χ1v) is 5.53. The highest BCUT2D eigenvalue weighted by Crippen LogP contribution is 2.21. The van der Waals surface area contributed by atoms with Gasteiger partial charge in [0.2, 0.25) is 0 Å². The molecule has 2 rings (SSSR count). The average Bonchev–Trinajstić information content (AvgIpc) is 2.30. The van der Waals surface area contributed by atoms with E-state index in [4.69, 9.17) is 11.6 Å². The van der Waals surface area contributed by atoms with Crippen molar-refractivity contribution >= 4 is 17.3 Å². The molecule has 0 saturated carbocycles. The van der Waals surface area contributed by atoms with Gasteiger partial charge in [0.25, 0.3) is 0 Å². The summed E-state index contributed by atoms with van der Waals surface area (Å²) in [4.78, 5) is 4.11. The molecular formula is C13H13ClN2. The quantitative estimate of drug-likeness (QED) is 0.874. The summed E-state index contributed by atoms with van der Waals surface area (Å²) in [6, 6.07) is 9.73. The highest BCUT2D eigenvalue weighted by Gasteiger charge is 2.00. The molecule has 16 heavy (non-hydrogen) atoms. The third-order valence-corrected chi connectivity index (χ3v) is 2.82. The number of hydrogen-bond acceptors (Lipinski definition) is 2. The van der Waals surface area contributed by atoms with Crippen molar-refractivity contribution in [2.24, 2.45) is 0 Å². The zero-order valence-corrected chi connectivity index (χ0v) is 9.83. The Balaban J connectivity index is 2.09. The summed E-state index contributed by atoms with van der Waals surface area (Å²) in [5.41, 5.74) is 3.37. The molecule has 0 radical (unpaired) electrons. The number of rotatable bonds is 3. The van der Waals surface area contributed by atoms with Crippen molar-refractivity contribution in [3.63, 3.8) is 0 Å². The number of halogens is 1. The van der Waals surface area contributed by atoms with Crippen LogP contribution in [0.3, 0.4) is 0 Å². The van der Waals surface area contributed by atoms with Crippen molar-refractivity contribution in [3.8, 4) is 0 Å². The largest absolute Gasteiger partial charge is 0.380 e. The van der Waals surface area contributed by atoms with E-state index in [1.54, 1.807) is 6.20 Å². The van der Waals surface area contributed by atoms with Gasteiger partial charge < -0.3 is 5.32 Å². The van der Waals surface area contributed by atoms with Gasteiger partial charge in [-0.05, 0) is 36.2 Å². The maximum Gasteiger partial charge on any atom is 0.0637 e. The normalized spacial score (nSPS) is 10.1. The Morgan fingerprint density at radius 1 is 1.25 bits per heavy atom. The van der Waals surface area contributed by atoms with Gasteiger partial charge in [0.15, 0.2) is 0 Å². The summed E-state index contributed by atoms with van der Waals surface area (Å²) in [6.45, 7) is 2.81. The van der Waals surface area contributed by atoms with Crippen LogP contribution in [0.5, 0.6) is 0 Å². The number of aryl methyl sites for hydroxylation is 1. The summed E-state index contributed by atoms with van der Waals surface area (Å²) >= 11 is 6.05. The molecule has 2 nitrogen and oxygen atoms in total. The molecule has 0 atom stereocenters. The lowest BCUT2D eigenvalue weighted by atomic mass is 10.1. The number of nitrogens with one attached hydrogen (secondary N) is 1. The molecule has 1 heterocycles.